The quantitative estimate of drug-likeness (QED) is 0.668. The summed E-state index contributed by atoms with van der Waals surface area (Å²) >= 11 is 0. The topological polar surface area (TPSA) is 55.8 Å². The number of hydrogen-bond acceptors (Lipinski definition) is 4. The summed E-state index contributed by atoms with van der Waals surface area (Å²) in [5.74, 6) is -0.0736. The predicted octanol–water partition coefficient (Wildman–Crippen LogP) is 1.42. The molecule has 1 amide bonds. The van der Waals surface area contributed by atoms with E-state index >= 15 is 0 Å². The Morgan fingerprint density at radius 3 is 2.27 bits per heavy atom. The number of rotatable bonds is 4. The van der Waals surface area contributed by atoms with Gasteiger partial charge in [0.1, 0.15) is 5.60 Å². The van der Waals surface area contributed by atoms with Gasteiger partial charge in [0.25, 0.3) is 0 Å². The molecule has 0 saturated carbocycles. The van der Waals surface area contributed by atoms with Crippen LogP contribution in [0.1, 0.15) is 27.7 Å². The maximum Gasteiger partial charge on any atom is 0.508 e. The Morgan fingerprint density at radius 2 is 1.87 bits per heavy atom. The monoisotopic (exact) mass is 217 g/mol. The van der Waals surface area contributed by atoms with E-state index in [1.165, 1.54) is 11.8 Å². The van der Waals surface area contributed by atoms with Crippen molar-refractivity contribution < 1.29 is 19.1 Å². The van der Waals surface area contributed by atoms with Gasteiger partial charge in [-0.15, -0.1) is 0 Å². The minimum atomic E-state index is -0.743. The Balaban J connectivity index is 4.17. The largest absolute Gasteiger partial charge is 0.508 e. The van der Waals surface area contributed by atoms with Crippen molar-refractivity contribution in [3.05, 3.63) is 0 Å². The highest BCUT2D eigenvalue weighted by Crippen LogP contribution is 2.12. The first kappa shape index (κ1) is 13.7. The second-order valence-corrected chi connectivity index (χ2v) is 3.92. The van der Waals surface area contributed by atoms with Crippen LogP contribution in [0.25, 0.3) is 0 Å². The van der Waals surface area contributed by atoms with Crippen molar-refractivity contribution in [1.29, 1.82) is 0 Å². The number of ether oxygens (including phenoxy) is 2. The Morgan fingerprint density at radius 1 is 1.33 bits per heavy atom. The maximum atomic E-state index is 11.1. The fourth-order valence-electron chi connectivity index (χ4n) is 1.09. The van der Waals surface area contributed by atoms with Crippen molar-refractivity contribution in [2.75, 3.05) is 20.2 Å². The third-order valence-corrected chi connectivity index (χ3v) is 1.78. The fraction of sp³-hybridized carbons (Fsp3) is 0.800. The zero-order valence-electron chi connectivity index (χ0n) is 9.99. The summed E-state index contributed by atoms with van der Waals surface area (Å²) in [5.41, 5.74) is -0.743. The second-order valence-electron chi connectivity index (χ2n) is 3.92. The molecule has 15 heavy (non-hydrogen) atoms. The third-order valence-electron chi connectivity index (χ3n) is 1.78. The highest BCUT2D eigenvalue weighted by molar-refractivity contribution is 5.73. The van der Waals surface area contributed by atoms with Gasteiger partial charge in [0.15, 0.2) is 0 Å². The predicted molar refractivity (Wildman–Crippen MR) is 55.5 cm³/mol. The van der Waals surface area contributed by atoms with E-state index in [2.05, 4.69) is 4.74 Å². The van der Waals surface area contributed by atoms with Gasteiger partial charge in [0, 0.05) is 14.0 Å². The summed E-state index contributed by atoms with van der Waals surface area (Å²) in [7, 11) is 1.65. The van der Waals surface area contributed by atoms with Crippen molar-refractivity contribution >= 4 is 12.1 Å². The Kier molecular flexibility index (Phi) is 5.11. The average Bonchev–Trinajstić information content (AvgIpc) is 2.01. The van der Waals surface area contributed by atoms with Crippen LogP contribution in [0.3, 0.4) is 0 Å². The average molecular weight is 217 g/mol. The number of carbonyl (C=O) groups is 2. The molecule has 0 aliphatic rings. The van der Waals surface area contributed by atoms with Crippen LogP contribution in [-0.4, -0.2) is 42.8 Å². The zero-order valence-corrected chi connectivity index (χ0v) is 9.99. The van der Waals surface area contributed by atoms with Crippen LogP contribution < -0.4 is 0 Å². The first-order chi connectivity index (χ1) is 6.78. The number of likely N-dealkylation sites (N-methyl/N-ethyl adjacent to an activating group) is 1. The van der Waals surface area contributed by atoms with Crippen molar-refractivity contribution in [3.8, 4) is 0 Å². The van der Waals surface area contributed by atoms with Gasteiger partial charge in [-0.2, -0.15) is 0 Å². The van der Waals surface area contributed by atoms with E-state index < -0.39 is 11.8 Å². The number of nitrogens with zero attached hydrogens (tertiary/aromatic N) is 1. The summed E-state index contributed by atoms with van der Waals surface area (Å²) in [4.78, 5) is 23.5. The molecule has 88 valence electrons. The molecule has 0 bridgehead atoms. The van der Waals surface area contributed by atoms with E-state index in [0.29, 0.717) is 6.54 Å². The van der Waals surface area contributed by atoms with E-state index in [4.69, 9.17) is 4.74 Å². The lowest BCUT2D eigenvalue weighted by molar-refractivity contribution is -0.130. The SMILES string of the molecule is CCOC(=O)OC(C)(C)CN(C)C(C)=O. The number of hydrogen-bond donors (Lipinski definition) is 0. The molecule has 0 atom stereocenters. The molecule has 0 saturated heterocycles. The smallest absolute Gasteiger partial charge is 0.435 e. The van der Waals surface area contributed by atoms with Gasteiger partial charge in [-0.25, -0.2) is 4.79 Å². The molecule has 0 aromatic rings. The molecule has 0 rings (SSSR count). The van der Waals surface area contributed by atoms with Gasteiger partial charge in [-0.1, -0.05) is 0 Å². The first-order valence-electron chi connectivity index (χ1n) is 4.86. The Bertz CT molecular complexity index is 238. The minimum absolute atomic E-state index is 0.0736. The molecule has 0 radical (unpaired) electrons. The summed E-state index contributed by atoms with van der Waals surface area (Å²) < 4.78 is 9.70. The molecule has 0 spiro atoms. The van der Waals surface area contributed by atoms with Gasteiger partial charge >= 0.3 is 6.16 Å². The first-order valence-corrected chi connectivity index (χ1v) is 4.86. The maximum absolute atomic E-state index is 11.1. The zero-order chi connectivity index (χ0) is 12.1. The molecule has 5 heteroatoms. The van der Waals surface area contributed by atoms with Gasteiger partial charge < -0.3 is 14.4 Å². The standard InChI is InChI=1S/C10H19NO4/c1-6-14-9(13)15-10(3,4)7-11(5)8(2)12/h6-7H2,1-5H3. The van der Waals surface area contributed by atoms with E-state index in [1.807, 2.05) is 0 Å². The van der Waals surface area contributed by atoms with Crippen molar-refractivity contribution in [3.63, 3.8) is 0 Å². The number of amides is 1. The van der Waals surface area contributed by atoms with Crippen molar-refractivity contribution in [2.24, 2.45) is 0 Å². The van der Waals surface area contributed by atoms with Crippen LogP contribution in [0.5, 0.6) is 0 Å². The van der Waals surface area contributed by atoms with Crippen molar-refractivity contribution in [1.82, 2.24) is 4.90 Å². The van der Waals surface area contributed by atoms with Crippen molar-refractivity contribution in [2.45, 2.75) is 33.3 Å². The van der Waals surface area contributed by atoms with Gasteiger partial charge in [-0.3, -0.25) is 4.79 Å². The lowest BCUT2D eigenvalue weighted by atomic mass is 10.1. The normalized spacial score (nSPS) is 10.7. The molecule has 0 aliphatic heterocycles. The molecule has 0 aromatic carbocycles. The minimum Gasteiger partial charge on any atom is -0.435 e. The Labute approximate surface area is 90.3 Å². The van der Waals surface area contributed by atoms with Crippen LogP contribution in [0.15, 0.2) is 0 Å². The van der Waals surface area contributed by atoms with Crippen LogP contribution >= 0.6 is 0 Å². The van der Waals surface area contributed by atoms with Gasteiger partial charge in [0.05, 0.1) is 13.2 Å². The highest BCUT2D eigenvalue weighted by atomic mass is 16.7. The fourth-order valence-corrected chi connectivity index (χ4v) is 1.09. The number of carbonyl (C=O) groups excluding carboxylic acids is 2. The van der Waals surface area contributed by atoms with E-state index in [0.717, 1.165) is 0 Å². The second kappa shape index (κ2) is 5.58. The van der Waals surface area contributed by atoms with E-state index in [1.54, 1.807) is 27.8 Å². The van der Waals surface area contributed by atoms with Gasteiger partial charge in [-0.05, 0) is 20.8 Å². The van der Waals surface area contributed by atoms with Crippen LogP contribution in [-0.2, 0) is 14.3 Å². The van der Waals surface area contributed by atoms with Gasteiger partial charge in [0.2, 0.25) is 5.91 Å². The van der Waals surface area contributed by atoms with Crippen LogP contribution in [0, 0.1) is 0 Å². The molecule has 0 fully saturated rings. The summed E-state index contributed by atoms with van der Waals surface area (Å²) in [6, 6.07) is 0. The highest BCUT2D eigenvalue weighted by Gasteiger charge is 2.26. The summed E-state index contributed by atoms with van der Waals surface area (Å²) in [5, 5.41) is 0. The van der Waals surface area contributed by atoms with E-state index in [9.17, 15) is 9.59 Å². The molecule has 0 unspecified atom stereocenters. The Hall–Kier alpha value is -1.26. The molecule has 0 aromatic heterocycles. The molecule has 0 aliphatic carbocycles. The van der Waals surface area contributed by atoms with E-state index in [-0.39, 0.29) is 12.5 Å². The van der Waals surface area contributed by atoms with Crippen LogP contribution in [0.4, 0.5) is 4.79 Å². The summed E-state index contributed by atoms with van der Waals surface area (Å²) in [6.45, 7) is 7.22. The lowest BCUT2D eigenvalue weighted by Gasteiger charge is -2.29. The molecule has 0 heterocycles. The summed E-state index contributed by atoms with van der Waals surface area (Å²) in [6.07, 6.45) is -0.709. The molecular weight excluding hydrogens is 198 g/mol. The molecule has 5 nitrogen and oxygen atoms in total. The van der Waals surface area contributed by atoms with Crippen LogP contribution in [0.2, 0.25) is 0 Å². The molecular formula is C10H19NO4. The lowest BCUT2D eigenvalue weighted by Crippen LogP contribution is -2.42. The third kappa shape index (κ3) is 5.93. The molecule has 0 N–H and O–H groups in total.